The molecular weight excluding hydrogens is 463 g/mol. The van der Waals surface area contributed by atoms with Gasteiger partial charge in [0.05, 0.1) is 0 Å². The fraction of sp³-hybridized carbons (Fsp3) is 0.364. The second kappa shape index (κ2) is 10.5. The van der Waals surface area contributed by atoms with Crippen LogP contribution in [0, 0.1) is 13.8 Å². The number of hydrogen-bond donors (Lipinski definition) is 3. The highest BCUT2D eigenvalue weighted by Gasteiger charge is 2.24. The van der Waals surface area contributed by atoms with Gasteiger partial charge >= 0.3 is 0 Å². The Hall–Kier alpha value is -2.09. The Morgan fingerprint density at radius 1 is 1.14 bits per heavy atom. The molecule has 1 atom stereocenters. The quantitative estimate of drug-likeness (QED) is 0.339. The molecule has 0 aromatic heterocycles. The van der Waals surface area contributed by atoms with Crippen molar-refractivity contribution in [2.24, 2.45) is 4.99 Å². The number of fused-ring (bicyclic) bond motifs is 1. The van der Waals surface area contributed by atoms with Gasteiger partial charge in [-0.2, -0.15) is 0 Å². The van der Waals surface area contributed by atoms with E-state index in [1.165, 1.54) is 22.3 Å². The number of aliphatic imine (C=N–C) groups is 1. The maximum absolute atomic E-state index is 11.9. The summed E-state index contributed by atoms with van der Waals surface area (Å²) in [6, 6.07) is 14.6. The van der Waals surface area contributed by atoms with E-state index in [1.54, 1.807) is 7.05 Å². The van der Waals surface area contributed by atoms with Gasteiger partial charge in [-0.15, -0.1) is 24.0 Å². The fourth-order valence-corrected chi connectivity index (χ4v) is 3.66. The summed E-state index contributed by atoms with van der Waals surface area (Å²) in [6.45, 7) is 5.74. The zero-order valence-corrected chi connectivity index (χ0v) is 19.0. The largest absolute Gasteiger partial charge is 0.356 e. The smallest absolute Gasteiger partial charge is 0.225 e. The summed E-state index contributed by atoms with van der Waals surface area (Å²) < 4.78 is 0. The molecule has 150 valence electrons. The molecule has 0 fully saturated rings. The van der Waals surface area contributed by atoms with Crippen LogP contribution in [0.1, 0.15) is 34.6 Å². The van der Waals surface area contributed by atoms with Crippen LogP contribution in [0.2, 0.25) is 0 Å². The molecule has 1 unspecified atom stereocenters. The highest BCUT2D eigenvalue weighted by molar-refractivity contribution is 14.0. The number of carbonyl (C=O) groups excluding carboxylic acids is 1. The molecule has 3 rings (SSSR count). The molecule has 1 amide bonds. The van der Waals surface area contributed by atoms with E-state index in [0.29, 0.717) is 13.0 Å². The number of para-hydroxylation sites is 1. The molecule has 0 saturated heterocycles. The number of halogens is 1. The van der Waals surface area contributed by atoms with Crippen LogP contribution in [0.4, 0.5) is 5.69 Å². The first-order chi connectivity index (χ1) is 13.0. The SMILES string of the molecule is CN=C(NCCc1cc(C)cc(C)c1)NCC1CC(=O)Nc2ccccc21.I. The lowest BCUT2D eigenvalue weighted by molar-refractivity contribution is -0.116. The Bertz CT molecular complexity index is 830. The number of hydrogen-bond acceptors (Lipinski definition) is 2. The summed E-state index contributed by atoms with van der Waals surface area (Å²) >= 11 is 0. The van der Waals surface area contributed by atoms with Crippen LogP contribution in [0.25, 0.3) is 0 Å². The van der Waals surface area contributed by atoms with Crippen molar-refractivity contribution in [3.63, 3.8) is 0 Å². The minimum absolute atomic E-state index is 0. The van der Waals surface area contributed by atoms with Gasteiger partial charge in [0.2, 0.25) is 5.91 Å². The zero-order valence-electron chi connectivity index (χ0n) is 16.7. The maximum Gasteiger partial charge on any atom is 0.225 e. The second-order valence-electron chi connectivity index (χ2n) is 7.16. The van der Waals surface area contributed by atoms with Crippen LogP contribution in [0.15, 0.2) is 47.5 Å². The number of anilines is 1. The molecular formula is C22H29IN4O. The lowest BCUT2D eigenvalue weighted by atomic mass is 9.90. The number of benzene rings is 2. The van der Waals surface area contributed by atoms with E-state index in [4.69, 9.17) is 0 Å². The van der Waals surface area contributed by atoms with Crippen LogP contribution < -0.4 is 16.0 Å². The van der Waals surface area contributed by atoms with Gasteiger partial charge in [-0.25, -0.2) is 0 Å². The average Bonchev–Trinajstić information content (AvgIpc) is 2.63. The first kappa shape index (κ1) is 22.2. The predicted molar refractivity (Wildman–Crippen MR) is 127 cm³/mol. The normalized spacial score (nSPS) is 15.9. The number of nitrogens with one attached hydrogen (secondary N) is 3. The van der Waals surface area contributed by atoms with Gasteiger partial charge in [-0.3, -0.25) is 9.79 Å². The topological polar surface area (TPSA) is 65.5 Å². The van der Waals surface area contributed by atoms with E-state index in [1.807, 2.05) is 18.2 Å². The number of rotatable bonds is 5. The standard InChI is InChI=1S/C22H28N4O.HI/c1-15-10-16(2)12-17(11-15)8-9-24-22(23-3)25-14-18-13-21(27)26-20-7-5-4-6-19(18)20;/h4-7,10-12,18H,8-9,13-14H2,1-3H3,(H,26,27)(H2,23,24,25);1H. The van der Waals surface area contributed by atoms with Gasteiger partial charge in [-0.05, 0) is 37.5 Å². The third-order valence-electron chi connectivity index (χ3n) is 4.83. The first-order valence-electron chi connectivity index (χ1n) is 9.45. The summed E-state index contributed by atoms with van der Waals surface area (Å²) in [5.74, 6) is 0.981. The summed E-state index contributed by atoms with van der Waals surface area (Å²) in [4.78, 5) is 16.3. The Labute approximate surface area is 184 Å². The molecule has 2 aromatic carbocycles. The lowest BCUT2D eigenvalue weighted by Gasteiger charge is -2.26. The predicted octanol–water partition coefficient (Wildman–Crippen LogP) is 3.75. The van der Waals surface area contributed by atoms with Crippen molar-refractivity contribution < 1.29 is 4.79 Å². The summed E-state index contributed by atoms with van der Waals surface area (Å²) in [5, 5.41) is 9.68. The van der Waals surface area contributed by atoms with E-state index in [-0.39, 0.29) is 35.8 Å². The molecule has 0 bridgehead atoms. The maximum atomic E-state index is 11.9. The molecule has 0 radical (unpaired) electrons. The molecule has 0 spiro atoms. The summed E-state index contributed by atoms with van der Waals surface area (Å²) in [7, 11) is 1.77. The van der Waals surface area contributed by atoms with Crippen molar-refractivity contribution in [3.8, 4) is 0 Å². The highest BCUT2D eigenvalue weighted by atomic mass is 127. The lowest BCUT2D eigenvalue weighted by Crippen LogP contribution is -2.41. The third kappa shape index (κ3) is 5.95. The molecule has 6 heteroatoms. The number of amides is 1. The van der Waals surface area contributed by atoms with Gasteiger partial charge in [-0.1, -0.05) is 47.5 Å². The minimum atomic E-state index is 0. The fourth-order valence-electron chi connectivity index (χ4n) is 3.66. The van der Waals surface area contributed by atoms with Crippen LogP contribution in [-0.2, 0) is 11.2 Å². The summed E-state index contributed by atoms with van der Waals surface area (Å²) in [6.07, 6.45) is 1.43. The van der Waals surface area contributed by atoms with Crippen LogP contribution in [0.5, 0.6) is 0 Å². The van der Waals surface area contributed by atoms with Crippen LogP contribution in [0.3, 0.4) is 0 Å². The van der Waals surface area contributed by atoms with Crippen molar-refractivity contribution in [1.82, 2.24) is 10.6 Å². The van der Waals surface area contributed by atoms with Gasteiger partial charge in [0.15, 0.2) is 5.96 Å². The monoisotopic (exact) mass is 492 g/mol. The van der Waals surface area contributed by atoms with Crippen molar-refractivity contribution in [3.05, 3.63) is 64.7 Å². The van der Waals surface area contributed by atoms with E-state index >= 15 is 0 Å². The molecule has 5 nitrogen and oxygen atoms in total. The van der Waals surface area contributed by atoms with Gasteiger partial charge < -0.3 is 16.0 Å². The Morgan fingerprint density at radius 2 is 1.86 bits per heavy atom. The summed E-state index contributed by atoms with van der Waals surface area (Å²) in [5.41, 5.74) is 6.01. The highest BCUT2D eigenvalue weighted by Crippen LogP contribution is 2.31. The van der Waals surface area contributed by atoms with E-state index in [0.717, 1.165) is 24.6 Å². The average molecular weight is 492 g/mol. The zero-order chi connectivity index (χ0) is 19.2. The number of nitrogens with zero attached hydrogens (tertiary/aromatic N) is 1. The Morgan fingerprint density at radius 3 is 2.57 bits per heavy atom. The number of guanidine groups is 1. The first-order valence-corrected chi connectivity index (χ1v) is 9.45. The minimum Gasteiger partial charge on any atom is -0.356 e. The molecule has 1 heterocycles. The van der Waals surface area contributed by atoms with Crippen molar-refractivity contribution in [1.29, 1.82) is 0 Å². The van der Waals surface area contributed by atoms with Crippen molar-refractivity contribution >= 4 is 41.5 Å². The van der Waals surface area contributed by atoms with Crippen LogP contribution >= 0.6 is 24.0 Å². The van der Waals surface area contributed by atoms with Gasteiger partial charge in [0.25, 0.3) is 0 Å². The molecule has 1 aliphatic rings. The molecule has 1 aliphatic heterocycles. The Kier molecular flexibility index (Phi) is 8.29. The number of aryl methyl sites for hydroxylation is 2. The molecule has 0 aliphatic carbocycles. The molecule has 3 N–H and O–H groups in total. The van der Waals surface area contributed by atoms with E-state index in [2.05, 4.69) is 59.1 Å². The van der Waals surface area contributed by atoms with E-state index < -0.39 is 0 Å². The van der Waals surface area contributed by atoms with Crippen LogP contribution in [-0.4, -0.2) is 32.0 Å². The van der Waals surface area contributed by atoms with Gasteiger partial charge in [0.1, 0.15) is 0 Å². The molecule has 0 saturated carbocycles. The second-order valence-corrected chi connectivity index (χ2v) is 7.16. The van der Waals surface area contributed by atoms with Gasteiger partial charge in [0, 0.05) is 38.2 Å². The number of carbonyl (C=O) groups is 1. The van der Waals surface area contributed by atoms with Crippen molar-refractivity contribution in [2.75, 3.05) is 25.5 Å². The molecule has 28 heavy (non-hydrogen) atoms. The third-order valence-corrected chi connectivity index (χ3v) is 4.83. The molecule has 2 aromatic rings. The van der Waals surface area contributed by atoms with Crippen molar-refractivity contribution in [2.45, 2.75) is 32.6 Å². The Balaban J connectivity index is 0.00000280. The van der Waals surface area contributed by atoms with E-state index in [9.17, 15) is 4.79 Å².